The van der Waals surface area contributed by atoms with E-state index in [1.165, 1.54) is 6.92 Å². The molecule has 0 unspecified atom stereocenters. The van der Waals surface area contributed by atoms with Crippen molar-refractivity contribution in [1.82, 2.24) is 0 Å². The third kappa shape index (κ3) is 2.68. The van der Waals surface area contributed by atoms with E-state index in [4.69, 9.17) is 9.47 Å². The largest absolute Gasteiger partial charge is 0.461 e. The Labute approximate surface area is 152 Å². The van der Waals surface area contributed by atoms with Crippen molar-refractivity contribution in [1.29, 1.82) is 0 Å². The molecule has 3 aliphatic rings. The smallest absolute Gasteiger partial charge is 0.334 e. The fourth-order valence-corrected chi connectivity index (χ4v) is 4.69. The van der Waals surface area contributed by atoms with E-state index < -0.39 is 58.9 Å². The number of Topliss-reactive ketones (excluding diaryl/α,β-unsaturated/α-hetero) is 1. The molecule has 1 aliphatic heterocycles. The van der Waals surface area contributed by atoms with Gasteiger partial charge in [-0.1, -0.05) is 20.4 Å². The highest BCUT2D eigenvalue weighted by molar-refractivity contribution is 5.93. The summed E-state index contributed by atoms with van der Waals surface area (Å²) in [6.45, 7) is 10.1. The van der Waals surface area contributed by atoms with Crippen LogP contribution in [0, 0.1) is 23.7 Å². The third-order valence-electron chi connectivity index (χ3n) is 6.22. The summed E-state index contributed by atoms with van der Waals surface area (Å²) < 4.78 is 11.1. The average molecular weight is 366 g/mol. The fraction of sp³-hybridized carbons (Fsp3) is 0.737. The van der Waals surface area contributed by atoms with Crippen LogP contribution in [-0.4, -0.2) is 51.3 Å². The van der Waals surface area contributed by atoms with E-state index in [-0.39, 0.29) is 24.3 Å². The van der Waals surface area contributed by atoms with Crippen molar-refractivity contribution in [3.05, 3.63) is 12.2 Å². The van der Waals surface area contributed by atoms with Gasteiger partial charge in [-0.05, 0) is 13.8 Å². The lowest BCUT2D eigenvalue weighted by molar-refractivity contribution is -0.160. The minimum atomic E-state index is -1.74. The molecule has 1 saturated heterocycles. The lowest BCUT2D eigenvalue weighted by atomic mass is 9.74. The zero-order chi connectivity index (χ0) is 19.6. The SMILES string of the molecule is C=C1C(=O)O[C@H]2[C@H]1[C@H](OC(=O)C(C)C)C[C@](C)(O)[C@@H]1CC(=O)[C@](C)(O)[C@H]21. The number of fused-ring (bicyclic) bond motifs is 3. The molecule has 144 valence electrons. The number of ketones is 1. The lowest BCUT2D eigenvalue weighted by Gasteiger charge is -2.36. The molecule has 2 saturated carbocycles. The van der Waals surface area contributed by atoms with Crippen molar-refractivity contribution in [2.75, 3.05) is 0 Å². The van der Waals surface area contributed by atoms with Crippen LogP contribution in [0.5, 0.6) is 0 Å². The van der Waals surface area contributed by atoms with Crippen LogP contribution in [0.15, 0.2) is 12.2 Å². The number of hydrogen-bond acceptors (Lipinski definition) is 7. The van der Waals surface area contributed by atoms with Crippen LogP contribution in [0.25, 0.3) is 0 Å². The molecule has 0 aromatic carbocycles. The first-order chi connectivity index (χ1) is 11.9. The minimum Gasteiger partial charge on any atom is -0.461 e. The molecule has 2 aliphatic carbocycles. The van der Waals surface area contributed by atoms with E-state index >= 15 is 0 Å². The normalized spacial score (nSPS) is 45.2. The molecule has 0 aromatic rings. The first-order valence-corrected chi connectivity index (χ1v) is 8.96. The summed E-state index contributed by atoms with van der Waals surface area (Å²) in [6.07, 6.45) is -1.68. The van der Waals surface area contributed by atoms with E-state index in [0.717, 1.165) is 0 Å². The van der Waals surface area contributed by atoms with Gasteiger partial charge < -0.3 is 19.7 Å². The lowest BCUT2D eigenvalue weighted by Crippen LogP contribution is -2.48. The van der Waals surface area contributed by atoms with Crippen molar-refractivity contribution in [2.45, 2.75) is 63.9 Å². The van der Waals surface area contributed by atoms with Gasteiger partial charge in [0.1, 0.15) is 17.8 Å². The van der Waals surface area contributed by atoms with Crippen LogP contribution >= 0.6 is 0 Å². The summed E-state index contributed by atoms with van der Waals surface area (Å²) in [7, 11) is 0. The number of esters is 2. The second kappa shape index (κ2) is 5.89. The number of rotatable bonds is 2. The predicted octanol–water partition coefficient (Wildman–Crippen LogP) is 0.763. The zero-order valence-corrected chi connectivity index (χ0v) is 15.5. The molecule has 7 atom stereocenters. The van der Waals surface area contributed by atoms with Gasteiger partial charge in [0.25, 0.3) is 0 Å². The Bertz CT molecular complexity index is 675. The third-order valence-corrected chi connectivity index (χ3v) is 6.22. The van der Waals surface area contributed by atoms with Crippen LogP contribution in [0.2, 0.25) is 0 Å². The van der Waals surface area contributed by atoms with Crippen LogP contribution < -0.4 is 0 Å². The average Bonchev–Trinajstić information content (AvgIpc) is 2.89. The molecule has 0 radical (unpaired) electrons. The van der Waals surface area contributed by atoms with Gasteiger partial charge in [-0.2, -0.15) is 0 Å². The molecule has 3 rings (SSSR count). The number of carbonyl (C=O) groups excluding carboxylic acids is 3. The molecule has 26 heavy (non-hydrogen) atoms. The highest BCUT2D eigenvalue weighted by atomic mass is 16.6. The van der Waals surface area contributed by atoms with E-state index in [1.807, 2.05) is 0 Å². The maximum absolute atomic E-state index is 12.4. The van der Waals surface area contributed by atoms with E-state index in [1.54, 1.807) is 20.8 Å². The van der Waals surface area contributed by atoms with Crippen LogP contribution in [0.3, 0.4) is 0 Å². The van der Waals surface area contributed by atoms with Gasteiger partial charge >= 0.3 is 11.9 Å². The second-order valence-electron chi connectivity index (χ2n) is 8.52. The van der Waals surface area contributed by atoms with Crippen LogP contribution in [0.1, 0.15) is 40.5 Å². The Morgan fingerprint density at radius 2 is 1.92 bits per heavy atom. The zero-order valence-electron chi connectivity index (χ0n) is 15.5. The first kappa shape index (κ1) is 19.0. The number of carbonyl (C=O) groups is 3. The topological polar surface area (TPSA) is 110 Å². The Balaban J connectivity index is 2.07. The van der Waals surface area contributed by atoms with Gasteiger partial charge in [0.05, 0.1) is 17.4 Å². The molecule has 0 bridgehead atoms. The Hall–Kier alpha value is -1.73. The summed E-state index contributed by atoms with van der Waals surface area (Å²) in [5.74, 6) is -3.95. The summed E-state index contributed by atoms with van der Waals surface area (Å²) in [5.41, 5.74) is -2.97. The fourth-order valence-electron chi connectivity index (χ4n) is 4.69. The molecule has 0 amide bonds. The van der Waals surface area contributed by atoms with Gasteiger partial charge in [-0.15, -0.1) is 0 Å². The van der Waals surface area contributed by atoms with Crippen molar-refractivity contribution < 1.29 is 34.1 Å². The molecule has 0 aromatic heterocycles. The van der Waals surface area contributed by atoms with Crippen molar-refractivity contribution in [2.24, 2.45) is 23.7 Å². The van der Waals surface area contributed by atoms with Crippen molar-refractivity contribution >= 4 is 17.7 Å². The summed E-state index contributed by atoms with van der Waals surface area (Å²) >= 11 is 0. The van der Waals surface area contributed by atoms with Crippen molar-refractivity contribution in [3.63, 3.8) is 0 Å². The Morgan fingerprint density at radius 3 is 2.50 bits per heavy atom. The van der Waals surface area contributed by atoms with Crippen LogP contribution in [0.4, 0.5) is 0 Å². The molecule has 7 heteroatoms. The Kier molecular flexibility index (Phi) is 4.31. The minimum absolute atomic E-state index is 0.0250. The first-order valence-electron chi connectivity index (χ1n) is 8.96. The monoisotopic (exact) mass is 366 g/mol. The predicted molar refractivity (Wildman–Crippen MR) is 89.7 cm³/mol. The summed E-state index contributed by atoms with van der Waals surface area (Å²) in [6, 6.07) is 0. The van der Waals surface area contributed by atoms with Gasteiger partial charge in [-0.25, -0.2) is 4.79 Å². The van der Waals surface area contributed by atoms with Gasteiger partial charge in [-0.3, -0.25) is 9.59 Å². The molecule has 1 heterocycles. The van der Waals surface area contributed by atoms with Crippen molar-refractivity contribution in [3.8, 4) is 0 Å². The quantitative estimate of drug-likeness (QED) is 0.548. The van der Waals surface area contributed by atoms with Gasteiger partial charge in [0.2, 0.25) is 0 Å². The Morgan fingerprint density at radius 1 is 1.31 bits per heavy atom. The number of aliphatic hydroxyl groups is 2. The summed E-state index contributed by atoms with van der Waals surface area (Å²) in [5, 5.41) is 21.9. The standard InChI is InChI=1S/C19H26O7/c1-8(2)16(21)25-11-7-18(4,23)10-6-12(20)19(5,24)14(10)15-13(11)9(3)17(22)26-15/h8,10-11,13-15,23-24H,3,6-7H2,1-2,4-5H3/t10-,11-,13-,14+,15+,18+,19+/m1/s1. The molecular formula is C19H26O7. The van der Waals surface area contributed by atoms with E-state index in [0.29, 0.717) is 0 Å². The molecule has 7 nitrogen and oxygen atoms in total. The van der Waals surface area contributed by atoms with E-state index in [9.17, 15) is 24.6 Å². The molecule has 0 spiro atoms. The highest BCUT2D eigenvalue weighted by Crippen LogP contribution is 2.55. The van der Waals surface area contributed by atoms with Gasteiger partial charge in [0.15, 0.2) is 5.78 Å². The number of hydrogen-bond donors (Lipinski definition) is 2. The maximum atomic E-state index is 12.4. The highest BCUT2D eigenvalue weighted by Gasteiger charge is 2.66. The molecular weight excluding hydrogens is 340 g/mol. The molecule has 2 N–H and O–H groups in total. The maximum Gasteiger partial charge on any atom is 0.334 e. The molecule has 3 fully saturated rings. The van der Waals surface area contributed by atoms with Crippen LogP contribution in [-0.2, 0) is 23.9 Å². The number of ether oxygens (including phenoxy) is 2. The summed E-state index contributed by atoms with van der Waals surface area (Å²) in [4.78, 5) is 36.7. The van der Waals surface area contributed by atoms with E-state index in [2.05, 4.69) is 6.58 Å². The second-order valence-corrected chi connectivity index (χ2v) is 8.52. The van der Waals surface area contributed by atoms with Gasteiger partial charge in [0, 0.05) is 30.3 Å².